The van der Waals surface area contributed by atoms with Crippen molar-refractivity contribution in [3.8, 4) is 5.75 Å². The lowest BCUT2D eigenvalue weighted by atomic mass is 10.2. The van der Waals surface area contributed by atoms with E-state index in [4.69, 9.17) is 4.74 Å². The summed E-state index contributed by atoms with van der Waals surface area (Å²) < 4.78 is 7.31. The van der Waals surface area contributed by atoms with Crippen molar-refractivity contribution in [2.75, 3.05) is 11.9 Å². The maximum atomic E-state index is 12.2. The standard InChI is InChI=1S/C15H15N5O2/c1-3-22-14-7-11-10(9-20(2)19-11)6-12(14)18-15(21)13-8-16-4-5-17-13/h4-9H,3H2,1-2H3,(H,18,21). The topological polar surface area (TPSA) is 81.9 Å². The summed E-state index contributed by atoms with van der Waals surface area (Å²) in [6.45, 7) is 2.38. The van der Waals surface area contributed by atoms with Gasteiger partial charge in [-0.15, -0.1) is 0 Å². The number of aryl methyl sites for hydroxylation is 1. The molecule has 0 radical (unpaired) electrons. The zero-order valence-corrected chi connectivity index (χ0v) is 12.3. The molecule has 1 amide bonds. The van der Waals surface area contributed by atoms with Crippen molar-refractivity contribution in [2.45, 2.75) is 6.92 Å². The maximum Gasteiger partial charge on any atom is 0.275 e. The number of carbonyl (C=O) groups excluding carboxylic acids is 1. The van der Waals surface area contributed by atoms with Gasteiger partial charge >= 0.3 is 0 Å². The lowest BCUT2D eigenvalue weighted by molar-refractivity contribution is 0.102. The van der Waals surface area contributed by atoms with Crippen LogP contribution in [0.15, 0.2) is 36.9 Å². The fraction of sp³-hybridized carbons (Fsp3) is 0.200. The number of nitrogens with zero attached hydrogens (tertiary/aromatic N) is 4. The normalized spacial score (nSPS) is 10.6. The summed E-state index contributed by atoms with van der Waals surface area (Å²) in [6, 6.07) is 3.65. The van der Waals surface area contributed by atoms with Crippen LogP contribution in [-0.2, 0) is 7.05 Å². The molecule has 1 aromatic carbocycles. The number of hydrogen-bond donors (Lipinski definition) is 1. The third-order valence-corrected chi connectivity index (χ3v) is 3.06. The van der Waals surface area contributed by atoms with Crippen molar-refractivity contribution in [3.63, 3.8) is 0 Å². The Morgan fingerprint density at radius 2 is 2.23 bits per heavy atom. The van der Waals surface area contributed by atoms with Gasteiger partial charge in [0.1, 0.15) is 11.4 Å². The molecule has 112 valence electrons. The quantitative estimate of drug-likeness (QED) is 0.796. The fourth-order valence-electron chi connectivity index (χ4n) is 2.15. The Balaban J connectivity index is 1.97. The number of fused-ring (bicyclic) bond motifs is 1. The molecule has 0 saturated carbocycles. The number of nitrogens with one attached hydrogen (secondary N) is 1. The van der Waals surface area contributed by atoms with Crippen molar-refractivity contribution >= 4 is 22.5 Å². The van der Waals surface area contributed by atoms with E-state index >= 15 is 0 Å². The average Bonchev–Trinajstić information content (AvgIpc) is 2.87. The van der Waals surface area contributed by atoms with Gasteiger partial charge in [0.15, 0.2) is 0 Å². The number of amides is 1. The van der Waals surface area contributed by atoms with Gasteiger partial charge in [0.05, 0.1) is 24.0 Å². The Morgan fingerprint density at radius 3 is 2.95 bits per heavy atom. The van der Waals surface area contributed by atoms with Gasteiger partial charge < -0.3 is 10.1 Å². The first kappa shape index (κ1) is 14.0. The first-order chi connectivity index (χ1) is 10.7. The molecular formula is C15H15N5O2. The second-order valence-corrected chi connectivity index (χ2v) is 4.69. The SMILES string of the molecule is CCOc1cc2nn(C)cc2cc1NC(=O)c1cnccn1. The van der Waals surface area contributed by atoms with Gasteiger partial charge in [0, 0.05) is 37.1 Å². The van der Waals surface area contributed by atoms with Crippen LogP contribution in [0.25, 0.3) is 10.9 Å². The van der Waals surface area contributed by atoms with Crippen molar-refractivity contribution in [1.82, 2.24) is 19.7 Å². The second kappa shape index (κ2) is 5.80. The molecule has 3 aromatic rings. The van der Waals surface area contributed by atoms with E-state index in [-0.39, 0.29) is 11.6 Å². The summed E-state index contributed by atoms with van der Waals surface area (Å²) in [4.78, 5) is 20.1. The van der Waals surface area contributed by atoms with E-state index in [9.17, 15) is 4.79 Å². The number of aromatic nitrogens is 4. The largest absolute Gasteiger partial charge is 0.492 e. The van der Waals surface area contributed by atoms with Gasteiger partial charge in [-0.1, -0.05) is 0 Å². The molecule has 0 aliphatic heterocycles. The van der Waals surface area contributed by atoms with E-state index in [1.165, 1.54) is 18.6 Å². The van der Waals surface area contributed by atoms with E-state index in [1.54, 1.807) is 4.68 Å². The van der Waals surface area contributed by atoms with Crippen molar-refractivity contribution in [2.24, 2.45) is 7.05 Å². The Hall–Kier alpha value is -2.96. The maximum absolute atomic E-state index is 12.2. The fourth-order valence-corrected chi connectivity index (χ4v) is 2.15. The molecule has 0 aliphatic rings. The van der Waals surface area contributed by atoms with Crippen LogP contribution >= 0.6 is 0 Å². The molecule has 0 spiro atoms. The minimum Gasteiger partial charge on any atom is -0.492 e. The van der Waals surface area contributed by atoms with E-state index < -0.39 is 0 Å². The molecule has 7 nitrogen and oxygen atoms in total. The molecule has 2 aromatic heterocycles. The molecular weight excluding hydrogens is 282 g/mol. The lowest BCUT2D eigenvalue weighted by Gasteiger charge is -2.11. The van der Waals surface area contributed by atoms with Gasteiger partial charge in [-0.3, -0.25) is 14.5 Å². The van der Waals surface area contributed by atoms with Crippen LogP contribution in [0, 0.1) is 0 Å². The molecule has 2 heterocycles. The summed E-state index contributed by atoms with van der Waals surface area (Å²) in [6.07, 6.45) is 6.29. The van der Waals surface area contributed by atoms with E-state index in [1.807, 2.05) is 32.3 Å². The highest BCUT2D eigenvalue weighted by molar-refractivity contribution is 6.04. The van der Waals surface area contributed by atoms with Crippen molar-refractivity contribution in [1.29, 1.82) is 0 Å². The number of ether oxygens (including phenoxy) is 1. The molecule has 0 unspecified atom stereocenters. The summed E-state index contributed by atoms with van der Waals surface area (Å²) in [5.74, 6) is 0.239. The Kier molecular flexibility index (Phi) is 3.69. The smallest absolute Gasteiger partial charge is 0.275 e. The average molecular weight is 297 g/mol. The number of carbonyl (C=O) groups is 1. The molecule has 22 heavy (non-hydrogen) atoms. The van der Waals surface area contributed by atoms with E-state index in [0.717, 1.165) is 10.9 Å². The van der Waals surface area contributed by atoms with Crippen LogP contribution < -0.4 is 10.1 Å². The van der Waals surface area contributed by atoms with Gasteiger partial charge in [0.25, 0.3) is 5.91 Å². The zero-order valence-electron chi connectivity index (χ0n) is 12.3. The Labute approximate surface area is 127 Å². The molecule has 0 atom stereocenters. The van der Waals surface area contributed by atoms with Crippen LogP contribution in [0.3, 0.4) is 0 Å². The highest BCUT2D eigenvalue weighted by Gasteiger charge is 2.13. The lowest BCUT2D eigenvalue weighted by Crippen LogP contribution is -2.14. The van der Waals surface area contributed by atoms with E-state index in [2.05, 4.69) is 20.4 Å². The van der Waals surface area contributed by atoms with Crippen LogP contribution in [0.5, 0.6) is 5.75 Å². The first-order valence-corrected chi connectivity index (χ1v) is 6.85. The van der Waals surface area contributed by atoms with Gasteiger partial charge in [-0.05, 0) is 13.0 Å². The molecule has 0 fully saturated rings. The number of benzene rings is 1. The van der Waals surface area contributed by atoms with Gasteiger partial charge in [-0.25, -0.2) is 4.98 Å². The third kappa shape index (κ3) is 2.73. The number of anilines is 1. The highest BCUT2D eigenvalue weighted by Crippen LogP contribution is 2.30. The molecule has 0 saturated heterocycles. The zero-order chi connectivity index (χ0) is 15.5. The summed E-state index contributed by atoms with van der Waals surface area (Å²) in [5, 5.41) is 8.06. The summed E-state index contributed by atoms with van der Waals surface area (Å²) >= 11 is 0. The number of hydrogen-bond acceptors (Lipinski definition) is 5. The van der Waals surface area contributed by atoms with Gasteiger partial charge in [-0.2, -0.15) is 5.10 Å². The van der Waals surface area contributed by atoms with E-state index in [0.29, 0.717) is 18.0 Å². The minimum atomic E-state index is -0.336. The van der Waals surface area contributed by atoms with Crippen LogP contribution in [0.1, 0.15) is 17.4 Å². The first-order valence-electron chi connectivity index (χ1n) is 6.85. The van der Waals surface area contributed by atoms with Gasteiger partial charge in [0.2, 0.25) is 0 Å². The summed E-state index contributed by atoms with van der Waals surface area (Å²) in [5.41, 5.74) is 1.64. The predicted octanol–water partition coefficient (Wildman–Crippen LogP) is 2.01. The third-order valence-electron chi connectivity index (χ3n) is 3.06. The van der Waals surface area contributed by atoms with Crippen molar-refractivity contribution in [3.05, 3.63) is 42.6 Å². The molecule has 3 rings (SSSR count). The Morgan fingerprint density at radius 1 is 1.36 bits per heavy atom. The van der Waals surface area contributed by atoms with Crippen LogP contribution in [0.2, 0.25) is 0 Å². The Bertz CT molecular complexity index is 813. The predicted molar refractivity (Wildman–Crippen MR) is 81.9 cm³/mol. The molecule has 0 bridgehead atoms. The highest BCUT2D eigenvalue weighted by atomic mass is 16.5. The molecule has 0 aliphatic carbocycles. The van der Waals surface area contributed by atoms with Crippen LogP contribution in [0.4, 0.5) is 5.69 Å². The monoisotopic (exact) mass is 297 g/mol. The molecule has 7 heteroatoms. The summed E-state index contributed by atoms with van der Waals surface area (Å²) in [7, 11) is 1.85. The molecule has 1 N–H and O–H groups in total. The number of rotatable bonds is 4. The van der Waals surface area contributed by atoms with Crippen LogP contribution in [-0.4, -0.2) is 32.3 Å². The van der Waals surface area contributed by atoms with Crippen molar-refractivity contribution < 1.29 is 9.53 Å². The second-order valence-electron chi connectivity index (χ2n) is 4.69. The minimum absolute atomic E-state index is 0.247.